The van der Waals surface area contributed by atoms with Gasteiger partial charge in [-0.2, -0.15) is 0 Å². The standard InChI is InChI=1S/C26H29N3O3/c1-18(30)28-24-17-23(13-14-27-24)32-22-10-5-7-19(15-22)11-12-25(31)29-21-9-6-8-20(16-21)26(2,3)4/h5-10,13-17H,11-12H2,1-4H3,(H,29,31)(H,27,28,30). The summed E-state index contributed by atoms with van der Waals surface area (Å²) < 4.78 is 5.90. The minimum atomic E-state index is -0.194. The summed E-state index contributed by atoms with van der Waals surface area (Å²) in [5.74, 6) is 1.42. The first-order valence-corrected chi connectivity index (χ1v) is 10.6. The van der Waals surface area contributed by atoms with E-state index in [-0.39, 0.29) is 17.2 Å². The van der Waals surface area contributed by atoms with E-state index in [9.17, 15) is 9.59 Å². The van der Waals surface area contributed by atoms with Crippen molar-refractivity contribution in [2.24, 2.45) is 0 Å². The molecule has 0 saturated carbocycles. The first kappa shape index (κ1) is 23.0. The SMILES string of the molecule is CC(=O)Nc1cc(Oc2cccc(CCC(=O)Nc3cccc(C(C)(C)C)c3)c2)ccn1. The molecular formula is C26H29N3O3. The molecule has 166 valence electrons. The van der Waals surface area contributed by atoms with Crippen molar-refractivity contribution in [3.8, 4) is 11.5 Å². The number of carbonyl (C=O) groups excluding carboxylic acids is 2. The highest BCUT2D eigenvalue weighted by atomic mass is 16.5. The maximum atomic E-state index is 12.5. The second-order valence-corrected chi connectivity index (χ2v) is 8.69. The Morgan fingerprint density at radius 3 is 2.44 bits per heavy atom. The van der Waals surface area contributed by atoms with Crippen LogP contribution in [0.3, 0.4) is 0 Å². The lowest BCUT2D eigenvalue weighted by molar-refractivity contribution is -0.116. The van der Waals surface area contributed by atoms with E-state index in [0.29, 0.717) is 30.2 Å². The summed E-state index contributed by atoms with van der Waals surface area (Å²) in [5, 5.41) is 5.62. The fraction of sp³-hybridized carbons (Fsp3) is 0.269. The predicted molar refractivity (Wildman–Crippen MR) is 127 cm³/mol. The first-order chi connectivity index (χ1) is 15.2. The van der Waals surface area contributed by atoms with Crippen molar-refractivity contribution in [3.63, 3.8) is 0 Å². The molecule has 2 aromatic carbocycles. The van der Waals surface area contributed by atoms with Gasteiger partial charge < -0.3 is 15.4 Å². The molecule has 0 aliphatic heterocycles. The van der Waals surface area contributed by atoms with E-state index in [1.807, 2.05) is 42.5 Å². The summed E-state index contributed by atoms with van der Waals surface area (Å²) in [6.45, 7) is 7.87. The van der Waals surface area contributed by atoms with Gasteiger partial charge >= 0.3 is 0 Å². The number of benzene rings is 2. The second-order valence-electron chi connectivity index (χ2n) is 8.69. The van der Waals surface area contributed by atoms with E-state index >= 15 is 0 Å². The quantitative estimate of drug-likeness (QED) is 0.503. The highest BCUT2D eigenvalue weighted by Gasteiger charge is 2.14. The number of carbonyl (C=O) groups is 2. The van der Waals surface area contributed by atoms with Gasteiger partial charge in [0.05, 0.1) is 0 Å². The van der Waals surface area contributed by atoms with Crippen LogP contribution in [0.1, 0.15) is 45.2 Å². The third-order valence-corrected chi connectivity index (χ3v) is 4.82. The Hall–Kier alpha value is -3.67. The van der Waals surface area contributed by atoms with Gasteiger partial charge in [-0.25, -0.2) is 4.98 Å². The Morgan fingerprint density at radius 1 is 0.938 bits per heavy atom. The van der Waals surface area contributed by atoms with Gasteiger partial charge in [0.15, 0.2) is 0 Å². The fourth-order valence-electron chi connectivity index (χ4n) is 3.17. The van der Waals surface area contributed by atoms with Crippen molar-refractivity contribution in [1.82, 2.24) is 4.98 Å². The van der Waals surface area contributed by atoms with E-state index in [0.717, 1.165) is 11.3 Å². The number of amides is 2. The van der Waals surface area contributed by atoms with Crippen LogP contribution >= 0.6 is 0 Å². The molecule has 0 bridgehead atoms. The molecule has 2 amide bonds. The Labute approximate surface area is 189 Å². The van der Waals surface area contributed by atoms with Crippen LogP contribution in [0, 0.1) is 0 Å². The van der Waals surface area contributed by atoms with Gasteiger partial charge in [-0.15, -0.1) is 0 Å². The first-order valence-electron chi connectivity index (χ1n) is 10.6. The number of anilines is 2. The van der Waals surface area contributed by atoms with Gasteiger partial charge in [0, 0.05) is 31.3 Å². The molecule has 1 aromatic heterocycles. The van der Waals surface area contributed by atoms with Crippen LogP contribution in [0.5, 0.6) is 11.5 Å². The van der Waals surface area contributed by atoms with Crippen LogP contribution in [-0.2, 0) is 21.4 Å². The van der Waals surface area contributed by atoms with Gasteiger partial charge in [-0.05, 0) is 53.3 Å². The minimum Gasteiger partial charge on any atom is -0.457 e. The zero-order valence-electron chi connectivity index (χ0n) is 18.9. The average Bonchev–Trinajstić information content (AvgIpc) is 2.72. The van der Waals surface area contributed by atoms with Crippen LogP contribution in [0.2, 0.25) is 0 Å². The fourth-order valence-corrected chi connectivity index (χ4v) is 3.17. The average molecular weight is 432 g/mol. The molecule has 2 N–H and O–H groups in total. The van der Waals surface area contributed by atoms with Crippen molar-refractivity contribution < 1.29 is 14.3 Å². The molecule has 0 unspecified atom stereocenters. The van der Waals surface area contributed by atoms with Gasteiger partial charge in [0.1, 0.15) is 17.3 Å². The lowest BCUT2D eigenvalue weighted by Crippen LogP contribution is -2.15. The van der Waals surface area contributed by atoms with E-state index < -0.39 is 0 Å². The Bertz CT molecular complexity index is 1100. The topological polar surface area (TPSA) is 80.3 Å². The maximum absolute atomic E-state index is 12.5. The monoisotopic (exact) mass is 431 g/mol. The van der Waals surface area contributed by atoms with Gasteiger partial charge in [-0.3, -0.25) is 9.59 Å². The number of aryl methyl sites for hydroxylation is 1. The van der Waals surface area contributed by atoms with Gasteiger partial charge in [0.2, 0.25) is 11.8 Å². The third-order valence-electron chi connectivity index (χ3n) is 4.82. The van der Waals surface area contributed by atoms with Crippen LogP contribution in [-0.4, -0.2) is 16.8 Å². The van der Waals surface area contributed by atoms with Crippen molar-refractivity contribution in [1.29, 1.82) is 0 Å². The molecule has 6 nitrogen and oxygen atoms in total. The Balaban J connectivity index is 1.58. The highest BCUT2D eigenvalue weighted by molar-refractivity contribution is 5.91. The number of nitrogens with one attached hydrogen (secondary N) is 2. The van der Waals surface area contributed by atoms with E-state index in [1.54, 1.807) is 18.3 Å². The van der Waals surface area contributed by atoms with Gasteiger partial charge in [0.25, 0.3) is 0 Å². The molecule has 0 spiro atoms. The molecule has 0 saturated heterocycles. The largest absolute Gasteiger partial charge is 0.457 e. The van der Waals surface area contributed by atoms with Crippen molar-refractivity contribution >= 4 is 23.3 Å². The van der Waals surface area contributed by atoms with Gasteiger partial charge in [-0.1, -0.05) is 45.0 Å². The molecule has 1 heterocycles. The summed E-state index contributed by atoms with van der Waals surface area (Å²) >= 11 is 0. The van der Waals surface area contributed by atoms with Crippen LogP contribution in [0.25, 0.3) is 0 Å². The molecule has 32 heavy (non-hydrogen) atoms. The van der Waals surface area contributed by atoms with E-state index in [2.05, 4.69) is 42.5 Å². The summed E-state index contributed by atoms with van der Waals surface area (Å²) in [4.78, 5) is 27.8. The Kier molecular flexibility index (Phi) is 7.25. The third kappa shape index (κ3) is 6.94. The second kappa shape index (κ2) is 10.1. The molecule has 3 rings (SSSR count). The Morgan fingerprint density at radius 2 is 1.69 bits per heavy atom. The lowest BCUT2D eigenvalue weighted by atomic mass is 9.87. The molecule has 0 atom stereocenters. The highest BCUT2D eigenvalue weighted by Crippen LogP contribution is 2.26. The summed E-state index contributed by atoms with van der Waals surface area (Å²) in [6, 6.07) is 19.0. The maximum Gasteiger partial charge on any atom is 0.224 e. The molecule has 0 fully saturated rings. The zero-order valence-corrected chi connectivity index (χ0v) is 18.9. The molecule has 0 radical (unpaired) electrons. The summed E-state index contributed by atoms with van der Waals surface area (Å²) in [5.41, 5.74) is 3.01. The number of pyridine rings is 1. The number of rotatable bonds is 7. The number of hydrogen-bond donors (Lipinski definition) is 2. The van der Waals surface area contributed by atoms with Crippen molar-refractivity contribution in [2.75, 3.05) is 10.6 Å². The lowest BCUT2D eigenvalue weighted by Gasteiger charge is -2.19. The minimum absolute atomic E-state index is 0.0267. The number of aromatic nitrogens is 1. The van der Waals surface area contributed by atoms with Crippen molar-refractivity contribution in [3.05, 3.63) is 78.0 Å². The van der Waals surface area contributed by atoms with Crippen LogP contribution in [0.15, 0.2) is 66.9 Å². The zero-order chi connectivity index (χ0) is 23.1. The summed E-state index contributed by atoms with van der Waals surface area (Å²) in [7, 11) is 0. The van der Waals surface area contributed by atoms with Crippen LogP contribution in [0.4, 0.5) is 11.5 Å². The van der Waals surface area contributed by atoms with Crippen molar-refractivity contribution in [2.45, 2.75) is 46.0 Å². The smallest absolute Gasteiger partial charge is 0.224 e. The number of nitrogens with zero attached hydrogens (tertiary/aromatic N) is 1. The molecular weight excluding hydrogens is 402 g/mol. The molecule has 6 heteroatoms. The molecule has 0 aliphatic carbocycles. The predicted octanol–water partition coefficient (Wildman–Crippen LogP) is 5.70. The molecule has 0 aliphatic rings. The van der Waals surface area contributed by atoms with E-state index in [4.69, 9.17) is 4.74 Å². The van der Waals surface area contributed by atoms with E-state index in [1.165, 1.54) is 12.5 Å². The summed E-state index contributed by atoms with van der Waals surface area (Å²) in [6.07, 6.45) is 2.53. The normalized spacial score (nSPS) is 11.0. The van der Waals surface area contributed by atoms with Crippen LogP contribution < -0.4 is 15.4 Å². The number of ether oxygens (including phenoxy) is 1. The number of hydrogen-bond acceptors (Lipinski definition) is 4. The molecule has 3 aromatic rings.